The van der Waals surface area contributed by atoms with E-state index in [4.69, 9.17) is 27.9 Å². The van der Waals surface area contributed by atoms with Crippen LogP contribution in [0.2, 0.25) is 10.0 Å². The molecule has 1 saturated heterocycles. The highest BCUT2D eigenvalue weighted by Gasteiger charge is 2.45. The van der Waals surface area contributed by atoms with Gasteiger partial charge in [-0.25, -0.2) is 17.6 Å². The molecule has 1 N–H and O–H groups in total. The highest BCUT2D eigenvalue weighted by molar-refractivity contribution is 7.93. The van der Waals surface area contributed by atoms with Crippen molar-refractivity contribution < 1.29 is 32.2 Å². The van der Waals surface area contributed by atoms with Gasteiger partial charge < -0.3 is 9.84 Å². The third-order valence-corrected chi connectivity index (χ3v) is 9.48. The second-order valence-electron chi connectivity index (χ2n) is 9.94. The number of rotatable bonds is 9. The van der Waals surface area contributed by atoms with E-state index in [1.54, 1.807) is 55.5 Å². The van der Waals surface area contributed by atoms with Gasteiger partial charge in [-0.1, -0.05) is 65.7 Å². The van der Waals surface area contributed by atoms with Crippen LogP contribution in [-0.4, -0.2) is 42.1 Å². The van der Waals surface area contributed by atoms with E-state index in [1.165, 1.54) is 43.0 Å². The first kappa shape index (κ1) is 32.1. The maximum atomic E-state index is 15.1. The van der Waals surface area contributed by atoms with E-state index < -0.39 is 57.4 Å². The van der Waals surface area contributed by atoms with Gasteiger partial charge in [-0.15, -0.1) is 0 Å². The lowest BCUT2D eigenvalue weighted by Gasteiger charge is -2.44. The summed E-state index contributed by atoms with van der Waals surface area (Å²) in [5.41, 5.74) is 1.04. The largest absolute Gasteiger partial charge is 0.478 e. The van der Waals surface area contributed by atoms with E-state index in [1.807, 2.05) is 0 Å². The van der Waals surface area contributed by atoms with Crippen LogP contribution < -0.4 is 4.31 Å². The quantitative estimate of drug-likeness (QED) is 0.254. The van der Waals surface area contributed by atoms with Crippen molar-refractivity contribution in [2.24, 2.45) is 0 Å². The van der Waals surface area contributed by atoms with E-state index in [9.17, 15) is 23.1 Å². The van der Waals surface area contributed by atoms with Gasteiger partial charge in [0.1, 0.15) is 18.0 Å². The molecule has 0 saturated carbocycles. The molecule has 43 heavy (non-hydrogen) atoms. The van der Waals surface area contributed by atoms with E-state index in [-0.39, 0.29) is 11.4 Å². The van der Waals surface area contributed by atoms with Crippen LogP contribution in [0.1, 0.15) is 44.0 Å². The number of carboxylic acid groups (broad SMARTS) is 1. The average molecular weight is 648 g/mol. The summed E-state index contributed by atoms with van der Waals surface area (Å²) < 4.78 is 49.3. The summed E-state index contributed by atoms with van der Waals surface area (Å²) >= 11 is 12.5. The van der Waals surface area contributed by atoms with Crippen LogP contribution in [-0.2, 0) is 24.3 Å². The van der Waals surface area contributed by atoms with Gasteiger partial charge in [-0.2, -0.15) is 0 Å². The summed E-state index contributed by atoms with van der Waals surface area (Å²) in [6.45, 7) is 4.10. The lowest BCUT2D eigenvalue weighted by atomic mass is 9.91. The summed E-state index contributed by atoms with van der Waals surface area (Å²) in [7, 11) is -4.13. The molecule has 3 aromatic rings. The third kappa shape index (κ3) is 6.87. The number of hydrogen-bond acceptors (Lipinski definition) is 5. The molecule has 1 aliphatic rings. The zero-order chi connectivity index (χ0) is 31.5. The summed E-state index contributed by atoms with van der Waals surface area (Å²) in [6.07, 6.45) is 1.20. The predicted molar refractivity (Wildman–Crippen MR) is 164 cm³/mol. The second kappa shape index (κ2) is 13.2. The SMILES string of the molecule is C/C=C(\CN(c1ccccc1F)S(=O)(=O)C(C)C)N1C(=O)/C(=C/C(=O)O)O[C@H](c2cccc(Cl)c2)C1c1ccc(Cl)cc1. The molecule has 1 aliphatic heterocycles. The van der Waals surface area contributed by atoms with Crippen LogP contribution in [0.3, 0.4) is 0 Å². The number of halogens is 3. The van der Waals surface area contributed by atoms with E-state index in [0.717, 1.165) is 10.4 Å². The number of hydrogen-bond donors (Lipinski definition) is 1. The Morgan fingerprint density at radius 1 is 1.05 bits per heavy atom. The van der Waals surface area contributed by atoms with Crippen molar-refractivity contribution >= 4 is 50.8 Å². The molecular formula is C31H29Cl2FN2O6S. The van der Waals surface area contributed by atoms with Gasteiger partial charge in [0.2, 0.25) is 10.0 Å². The zero-order valence-electron chi connectivity index (χ0n) is 23.4. The van der Waals surface area contributed by atoms with Crippen LogP contribution >= 0.6 is 23.2 Å². The Labute approximate surface area is 259 Å². The number of amides is 1. The average Bonchev–Trinajstić information content (AvgIpc) is 2.95. The number of aliphatic carboxylic acids is 1. The summed E-state index contributed by atoms with van der Waals surface area (Å²) in [5, 5.41) is 9.45. The number of anilines is 1. The van der Waals surface area contributed by atoms with E-state index >= 15 is 4.39 Å². The fraction of sp³-hybridized carbons (Fsp3) is 0.226. The molecule has 1 heterocycles. The van der Waals surface area contributed by atoms with Crippen LogP contribution in [0.15, 0.2) is 96.4 Å². The van der Waals surface area contributed by atoms with Crippen molar-refractivity contribution in [2.45, 2.75) is 38.2 Å². The highest BCUT2D eigenvalue weighted by Crippen LogP contribution is 2.46. The first-order chi connectivity index (χ1) is 20.3. The fourth-order valence-corrected chi connectivity index (χ4v) is 6.31. The Bertz CT molecular complexity index is 1690. The van der Waals surface area contributed by atoms with E-state index in [0.29, 0.717) is 27.2 Å². The number of carboxylic acids is 1. The van der Waals surface area contributed by atoms with Crippen molar-refractivity contribution in [3.8, 4) is 0 Å². The maximum absolute atomic E-state index is 15.1. The molecular weight excluding hydrogens is 618 g/mol. The minimum atomic E-state index is -4.13. The molecule has 4 rings (SSSR count). The zero-order valence-corrected chi connectivity index (χ0v) is 25.8. The van der Waals surface area contributed by atoms with Gasteiger partial charge in [0, 0.05) is 15.7 Å². The van der Waals surface area contributed by atoms with Crippen LogP contribution in [0.25, 0.3) is 0 Å². The first-order valence-corrected chi connectivity index (χ1v) is 15.5. The highest BCUT2D eigenvalue weighted by atomic mass is 35.5. The number of nitrogens with zero attached hydrogens (tertiary/aromatic N) is 2. The maximum Gasteiger partial charge on any atom is 0.332 e. The molecule has 0 radical (unpaired) electrons. The number of morpholine rings is 1. The van der Waals surface area contributed by atoms with Gasteiger partial charge in [0.25, 0.3) is 5.91 Å². The number of para-hydroxylation sites is 1. The van der Waals surface area contributed by atoms with Crippen LogP contribution in [0, 0.1) is 5.82 Å². The smallest absolute Gasteiger partial charge is 0.332 e. The standard InChI is InChI=1S/C31H29Cl2FN2O6S/c1-4-24(18-35(43(40,41)19(2)3)26-11-6-5-10-25(26)34)36-29(20-12-14-22(32)15-13-20)30(21-8-7-9-23(33)16-21)42-27(31(36)39)17-28(37)38/h4-17,19,29-30H,18H2,1-3H3,(H,37,38)/b24-4+,27-17-/t29?,30-/m1/s1. The summed E-state index contributed by atoms with van der Waals surface area (Å²) in [6, 6.07) is 17.8. The minimum Gasteiger partial charge on any atom is -0.478 e. The molecule has 0 spiro atoms. The summed E-state index contributed by atoms with van der Waals surface area (Å²) in [4.78, 5) is 27.1. The molecule has 1 unspecified atom stereocenters. The summed E-state index contributed by atoms with van der Waals surface area (Å²) in [5.74, 6) is -3.50. The Morgan fingerprint density at radius 3 is 2.30 bits per heavy atom. The van der Waals surface area contributed by atoms with Crippen LogP contribution in [0.4, 0.5) is 10.1 Å². The molecule has 12 heteroatoms. The topological polar surface area (TPSA) is 104 Å². The van der Waals surface area contributed by atoms with Gasteiger partial charge in [-0.05, 0) is 68.3 Å². The Balaban J connectivity index is 1.96. The molecule has 8 nitrogen and oxygen atoms in total. The van der Waals surface area contributed by atoms with Gasteiger partial charge in [0.05, 0.1) is 23.6 Å². The third-order valence-electron chi connectivity index (χ3n) is 6.86. The normalized spacial score (nSPS) is 18.6. The monoisotopic (exact) mass is 646 g/mol. The first-order valence-electron chi connectivity index (χ1n) is 13.2. The van der Waals surface area contributed by atoms with Crippen molar-refractivity contribution in [1.29, 1.82) is 0 Å². The van der Waals surface area contributed by atoms with Gasteiger partial charge in [0.15, 0.2) is 5.76 Å². The molecule has 226 valence electrons. The Kier molecular flexibility index (Phi) is 9.84. The molecule has 1 amide bonds. The number of benzene rings is 3. The number of sulfonamides is 1. The molecule has 0 bridgehead atoms. The second-order valence-corrected chi connectivity index (χ2v) is 13.2. The lowest BCUT2D eigenvalue weighted by Crippen LogP contribution is -2.48. The number of carbonyl (C=O) groups is 2. The predicted octanol–water partition coefficient (Wildman–Crippen LogP) is 6.89. The van der Waals surface area contributed by atoms with Crippen molar-refractivity contribution in [3.63, 3.8) is 0 Å². The number of carbonyl (C=O) groups excluding carboxylic acids is 1. The van der Waals surface area contributed by atoms with Crippen LogP contribution in [0.5, 0.6) is 0 Å². The number of ether oxygens (including phenoxy) is 1. The van der Waals surface area contributed by atoms with Crippen molar-refractivity contribution in [2.75, 3.05) is 10.8 Å². The van der Waals surface area contributed by atoms with Gasteiger partial charge in [-0.3, -0.25) is 14.0 Å². The number of allylic oxidation sites excluding steroid dienone is 1. The molecule has 0 aromatic heterocycles. The van der Waals surface area contributed by atoms with E-state index in [2.05, 4.69) is 0 Å². The minimum absolute atomic E-state index is 0.157. The molecule has 0 aliphatic carbocycles. The fourth-order valence-electron chi connectivity index (χ4n) is 4.74. The van der Waals surface area contributed by atoms with Crippen molar-refractivity contribution in [3.05, 3.63) is 123 Å². The Hall–Kier alpha value is -3.86. The lowest BCUT2D eigenvalue weighted by molar-refractivity contribution is -0.145. The molecule has 2 atom stereocenters. The van der Waals surface area contributed by atoms with Gasteiger partial charge >= 0.3 is 5.97 Å². The Morgan fingerprint density at radius 2 is 1.72 bits per heavy atom. The molecule has 1 fully saturated rings. The van der Waals surface area contributed by atoms with Crippen molar-refractivity contribution in [1.82, 2.24) is 4.90 Å². The molecule has 3 aromatic carbocycles.